The van der Waals surface area contributed by atoms with Crippen LogP contribution in [0.15, 0.2) is 24.0 Å². The van der Waals surface area contributed by atoms with Crippen LogP contribution in [0.4, 0.5) is 0 Å². The molecule has 5 rings (SSSR count). The van der Waals surface area contributed by atoms with E-state index in [1.165, 1.54) is 7.11 Å². The number of benzene rings is 1. The molecule has 10 heteroatoms. The predicted molar refractivity (Wildman–Crippen MR) is 107 cm³/mol. The number of ether oxygens (including phenoxy) is 3. The van der Waals surface area contributed by atoms with Crippen LogP contribution in [0.1, 0.15) is 24.0 Å². The van der Waals surface area contributed by atoms with Crippen molar-refractivity contribution < 1.29 is 44.2 Å². The Morgan fingerprint density at radius 2 is 2.03 bits per heavy atom. The van der Waals surface area contributed by atoms with Crippen LogP contribution in [-0.2, 0) is 26.2 Å². The van der Waals surface area contributed by atoms with Gasteiger partial charge in [0.1, 0.15) is 5.76 Å². The minimum Gasteiger partial charge on any atom is -0.493 e. The molecule has 0 amide bonds. The number of aliphatic hydroxyl groups excluding tert-OH is 2. The molecule has 1 aromatic rings. The van der Waals surface area contributed by atoms with Crippen LogP contribution in [0.2, 0.25) is 0 Å². The van der Waals surface area contributed by atoms with Crippen LogP contribution in [0.5, 0.6) is 11.5 Å². The van der Waals surface area contributed by atoms with E-state index in [0.29, 0.717) is 30.9 Å². The van der Waals surface area contributed by atoms with E-state index in [-0.39, 0.29) is 18.2 Å². The molecular weight excluding hydrogens is 422 g/mol. The number of carboxylic acid groups (broad SMARTS) is 1. The molecule has 4 aliphatic rings. The second-order valence-electron chi connectivity index (χ2n) is 8.93. The van der Waals surface area contributed by atoms with Crippen LogP contribution in [0.3, 0.4) is 0 Å². The van der Waals surface area contributed by atoms with Crippen molar-refractivity contribution in [2.75, 3.05) is 20.7 Å². The molecule has 6 atom stereocenters. The summed E-state index contributed by atoms with van der Waals surface area (Å²) < 4.78 is 17.2. The van der Waals surface area contributed by atoms with Gasteiger partial charge in [-0.25, -0.2) is 9.59 Å². The largest absolute Gasteiger partial charge is 0.493 e. The van der Waals surface area contributed by atoms with Gasteiger partial charge in [-0.2, -0.15) is 0 Å². The monoisotopic (exact) mass is 447 g/mol. The first-order chi connectivity index (χ1) is 15.2. The first-order valence-electron chi connectivity index (χ1n) is 10.5. The van der Waals surface area contributed by atoms with Crippen LogP contribution in [0.25, 0.3) is 0 Å². The summed E-state index contributed by atoms with van der Waals surface area (Å²) in [6.45, 7) is 0.685. The second-order valence-corrected chi connectivity index (χ2v) is 8.93. The van der Waals surface area contributed by atoms with Crippen molar-refractivity contribution >= 4 is 11.9 Å². The Morgan fingerprint density at radius 3 is 2.72 bits per heavy atom. The van der Waals surface area contributed by atoms with Crippen molar-refractivity contribution in [3.8, 4) is 11.5 Å². The Labute approximate surface area is 183 Å². The van der Waals surface area contributed by atoms with Crippen LogP contribution < -0.4 is 9.47 Å². The number of aliphatic carboxylic acids is 1. The predicted octanol–water partition coefficient (Wildman–Crippen LogP) is -0.677. The Kier molecular flexibility index (Phi) is 4.58. The maximum atomic E-state index is 12.4. The Balaban J connectivity index is 1.60. The summed E-state index contributed by atoms with van der Waals surface area (Å²) in [7, 11) is 3.49. The van der Waals surface area contributed by atoms with Crippen molar-refractivity contribution in [2.24, 2.45) is 0 Å². The van der Waals surface area contributed by atoms with E-state index in [1.54, 1.807) is 6.08 Å². The third-order valence-corrected chi connectivity index (χ3v) is 7.57. The van der Waals surface area contributed by atoms with E-state index < -0.39 is 41.3 Å². The highest BCUT2D eigenvalue weighted by atomic mass is 16.6. The maximum Gasteiger partial charge on any atom is 0.343 e. The highest BCUT2D eigenvalue weighted by molar-refractivity contribution is 5.85. The van der Waals surface area contributed by atoms with E-state index in [2.05, 4.69) is 4.90 Å². The van der Waals surface area contributed by atoms with Gasteiger partial charge in [0.05, 0.1) is 18.1 Å². The van der Waals surface area contributed by atoms with Gasteiger partial charge >= 0.3 is 11.9 Å². The van der Waals surface area contributed by atoms with Gasteiger partial charge in [-0.3, -0.25) is 0 Å². The Morgan fingerprint density at radius 1 is 1.28 bits per heavy atom. The molecule has 1 saturated heterocycles. The number of piperidine rings is 1. The fourth-order valence-corrected chi connectivity index (χ4v) is 6.03. The van der Waals surface area contributed by atoms with Crippen LogP contribution in [0, 0.1) is 0 Å². The van der Waals surface area contributed by atoms with E-state index in [9.17, 15) is 24.9 Å². The molecule has 0 saturated carbocycles. The molecule has 1 spiro atoms. The highest BCUT2D eigenvalue weighted by Gasteiger charge is 2.72. The molecule has 0 unspecified atom stereocenters. The maximum absolute atomic E-state index is 12.4. The summed E-state index contributed by atoms with van der Waals surface area (Å²) >= 11 is 0. The van der Waals surface area contributed by atoms with E-state index in [0.717, 1.165) is 11.1 Å². The Hall–Kier alpha value is -2.66. The first kappa shape index (κ1) is 21.2. The fourth-order valence-electron chi connectivity index (χ4n) is 6.03. The van der Waals surface area contributed by atoms with Gasteiger partial charge in [-0.05, 0) is 44.1 Å². The summed E-state index contributed by atoms with van der Waals surface area (Å²) in [5, 5.41) is 40.4. The van der Waals surface area contributed by atoms with Crippen molar-refractivity contribution in [3.63, 3.8) is 0 Å². The number of likely N-dealkylation sites (tertiary alicyclic amines) is 1. The van der Waals surface area contributed by atoms with Gasteiger partial charge in [0, 0.05) is 18.0 Å². The molecule has 0 aromatic heterocycles. The van der Waals surface area contributed by atoms with Gasteiger partial charge in [0.15, 0.2) is 29.8 Å². The SMILES string of the molecule is COc1ccc2c3c1O[C@H]1C(OC(=O)[C@H](O)[C@@H](O)C(=O)O)=CC[C@@]4(O)[C@@H](C2)N(C)CC[C@]314. The number of carbonyl (C=O) groups excluding carboxylic acids is 1. The number of hydrogen-bond acceptors (Lipinski definition) is 9. The lowest BCUT2D eigenvalue weighted by Gasteiger charge is -2.61. The lowest BCUT2D eigenvalue weighted by molar-refractivity contribution is -0.177. The zero-order valence-electron chi connectivity index (χ0n) is 17.6. The average molecular weight is 447 g/mol. The lowest BCUT2D eigenvalue weighted by atomic mass is 9.50. The molecule has 1 aromatic carbocycles. The highest BCUT2D eigenvalue weighted by Crippen LogP contribution is 2.65. The molecule has 4 N–H and O–H groups in total. The number of hydrogen-bond donors (Lipinski definition) is 4. The van der Waals surface area contributed by atoms with Crippen molar-refractivity contribution in [1.82, 2.24) is 4.90 Å². The number of methoxy groups -OCH3 is 1. The average Bonchev–Trinajstić information content (AvgIpc) is 3.12. The van der Waals surface area contributed by atoms with E-state index in [1.807, 2.05) is 19.2 Å². The normalized spacial score (nSPS) is 34.0. The zero-order valence-corrected chi connectivity index (χ0v) is 17.6. The summed E-state index contributed by atoms with van der Waals surface area (Å²) in [5.41, 5.74) is -0.216. The molecule has 1 fully saturated rings. The molecule has 2 bridgehead atoms. The van der Waals surface area contributed by atoms with Crippen LogP contribution >= 0.6 is 0 Å². The number of carboxylic acids is 1. The lowest BCUT2D eigenvalue weighted by Crippen LogP contribution is -2.74. The van der Waals surface area contributed by atoms with Gasteiger partial charge < -0.3 is 39.5 Å². The molecule has 32 heavy (non-hydrogen) atoms. The van der Waals surface area contributed by atoms with Gasteiger partial charge in [0.2, 0.25) is 0 Å². The van der Waals surface area contributed by atoms with Gasteiger partial charge in [-0.15, -0.1) is 0 Å². The van der Waals surface area contributed by atoms with E-state index in [4.69, 9.17) is 19.3 Å². The standard InChI is InChI=1S/C22H25NO9/c1-23-8-7-21-14-10-3-4-11(30-2)17(14)32-18(21)12(5-6-22(21,29)13(23)9-10)31-20(28)16(25)15(24)19(26)27/h3-5,13,15-16,18,24-25,29H,6-9H2,1-2H3,(H,26,27)/t13-,15-,16-,18+,21+,22-/m1/s1. The third-order valence-electron chi connectivity index (χ3n) is 7.57. The molecule has 10 nitrogen and oxygen atoms in total. The van der Waals surface area contributed by atoms with Crippen molar-refractivity contribution in [2.45, 2.75) is 54.6 Å². The minimum atomic E-state index is -2.32. The molecule has 2 aliphatic carbocycles. The fraction of sp³-hybridized carbons (Fsp3) is 0.545. The summed E-state index contributed by atoms with van der Waals surface area (Å²) in [4.78, 5) is 25.5. The van der Waals surface area contributed by atoms with Crippen molar-refractivity contribution in [3.05, 3.63) is 35.1 Å². The number of likely N-dealkylation sites (N-methyl/N-ethyl adjacent to an activating group) is 1. The third kappa shape index (κ3) is 2.49. The first-order valence-corrected chi connectivity index (χ1v) is 10.5. The van der Waals surface area contributed by atoms with Gasteiger partial charge in [0.25, 0.3) is 0 Å². The molecular formula is C22H25NO9. The van der Waals surface area contributed by atoms with Gasteiger partial charge in [-0.1, -0.05) is 6.07 Å². The molecule has 2 heterocycles. The van der Waals surface area contributed by atoms with E-state index >= 15 is 0 Å². The van der Waals surface area contributed by atoms with Crippen LogP contribution in [-0.4, -0.2) is 87.9 Å². The number of aliphatic hydroxyl groups is 3. The number of carbonyl (C=O) groups is 2. The molecule has 172 valence electrons. The Bertz CT molecular complexity index is 1040. The summed E-state index contributed by atoms with van der Waals surface area (Å²) in [6, 6.07) is 3.60. The second kappa shape index (κ2) is 6.92. The number of esters is 1. The number of rotatable bonds is 5. The summed E-state index contributed by atoms with van der Waals surface area (Å²) in [6.07, 6.45) is -2.57. The topological polar surface area (TPSA) is 146 Å². The molecule has 2 aliphatic heterocycles. The minimum absolute atomic E-state index is 0.0747. The summed E-state index contributed by atoms with van der Waals surface area (Å²) in [5.74, 6) is -1.99. The zero-order chi connectivity index (χ0) is 23.0. The quantitative estimate of drug-likeness (QED) is 0.428. The number of nitrogens with zero attached hydrogens (tertiary/aromatic N) is 1. The smallest absolute Gasteiger partial charge is 0.343 e. The van der Waals surface area contributed by atoms with Crippen molar-refractivity contribution in [1.29, 1.82) is 0 Å². The molecule has 0 radical (unpaired) electrons.